The number of rotatable bonds is 5. The number of hydrogen-bond acceptors (Lipinski definition) is 6. The molecule has 0 fully saturated rings. The van der Waals surface area contributed by atoms with Gasteiger partial charge in [0.05, 0.1) is 11.3 Å². The van der Waals surface area contributed by atoms with Gasteiger partial charge in [-0.05, 0) is 48.9 Å². The summed E-state index contributed by atoms with van der Waals surface area (Å²) in [4.78, 5) is 23.8. The van der Waals surface area contributed by atoms with Crippen LogP contribution in [-0.4, -0.2) is 28.0 Å². The van der Waals surface area contributed by atoms with Gasteiger partial charge in [-0.25, -0.2) is 19.7 Å². The topological polar surface area (TPSA) is 115 Å². The molecule has 3 aromatic rings. The highest BCUT2D eigenvalue weighted by molar-refractivity contribution is 5.88. The number of nitrogens with zero attached hydrogens (tertiary/aromatic N) is 3. The largest absolute Gasteiger partial charge is 0.438 e. The van der Waals surface area contributed by atoms with Gasteiger partial charge in [0, 0.05) is 25.1 Å². The van der Waals surface area contributed by atoms with Crippen LogP contribution >= 0.6 is 0 Å². The summed E-state index contributed by atoms with van der Waals surface area (Å²) in [5, 5.41) is 5.44. The second kappa shape index (κ2) is 7.47. The molecule has 4 N–H and O–H groups in total. The number of nitrogens with one attached hydrogen (secondary N) is 2. The molecule has 26 heavy (non-hydrogen) atoms. The Morgan fingerprint density at radius 3 is 2.73 bits per heavy atom. The van der Waals surface area contributed by atoms with Gasteiger partial charge in [-0.3, -0.25) is 0 Å². The number of primary amides is 1. The molecule has 0 saturated heterocycles. The minimum Gasteiger partial charge on any atom is -0.438 e. The third-order valence-corrected chi connectivity index (χ3v) is 3.58. The second-order valence-corrected chi connectivity index (χ2v) is 5.44. The minimum atomic E-state index is -0.617. The molecule has 8 heteroatoms. The molecule has 132 valence electrons. The fraction of sp³-hybridized carbons (Fsp3) is 0.111. The molecular weight excluding hydrogens is 332 g/mol. The van der Waals surface area contributed by atoms with Gasteiger partial charge in [-0.1, -0.05) is 0 Å². The first-order chi connectivity index (χ1) is 12.6. The Bertz CT molecular complexity index is 944. The van der Waals surface area contributed by atoms with Crippen molar-refractivity contribution in [1.82, 2.24) is 15.0 Å². The first-order valence-electron chi connectivity index (χ1n) is 7.88. The Kier molecular flexibility index (Phi) is 4.93. The summed E-state index contributed by atoms with van der Waals surface area (Å²) in [5.41, 5.74) is 7.99. The van der Waals surface area contributed by atoms with E-state index in [0.717, 1.165) is 11.1 Å². The third-order valence-electron chi connectivity index (χ3n) is 3.58. The summed E-state index contributed by atoms with van der Waals surface area (Å²) in [6, 6.07) is 10.1. The normalized spacial score (nSPS) is 10.2. The first kappa shape index (κ1) is 17.2. The van der Waals surface area contributed by atoms with Crippen LogP contribution in [0.5, 0.6) is 11.6 Å². The number of benzene rings is 1. The van der Waals surface area contributed by atoms with Crippen molar-refractivity contribution in [3.05, 3.63) is 54.4 Å². The number of amides is 2. The molecule has 3 rings (SSSR count). The van der Waals surface area contributed by atoms with E-state index in [-0.39, 0.29) is 0 Å². The lowest BCUT2D eigenvalue weighted by atomic mass is 10.2. The molecule has 0 aliphatic rings. The molecule has 0 saturated carbocycles. The molecule has 0 atom stereocenters. The maximum absolute atomic E-state index is 11.0. The van der Waals surface area contributed by atoms with E-state index in [1.807, 2.05) is 19.1 Å². The Hall–Kier alpha value is -3.68. The van der Waals surface area contributed by atoms with Crippen LogP contribution in [0.15, 0.2) is 48.8 Å². The number of aromatic nitrogens is 3. The molecule has 0 aliphatic heterocycles. The van der Waals surface area contributed by atoms with Crippen molar-refractivity contribution in [2.24, 2.45) is 5.73 Å². The molecule has 8 nitrogen and oxygen atoms in total. The Labute approximate surface area is 150 Å². The van der Waals surface area contributed by atoms with E-state index in [4.69, 9.17) is 10.5 Å². The van der Waals surface area contributed by atoms with E-state index in [1.165, 1.54) is 0 Å². The number of carbonyl (C=O) groups is 1. The van der Waals surface area contributed by atoms with Crippen LogP contribution in [0.2, 0.25) is 0 Å². The third kappa shape index (κ3) is 3.86. The molecule has 2 aromatic heterocycles. The summed E-state index contributed by atoms with van der Waals surface area (Å²) in [5.74, 6) is 1.55. The zero-order valence-corrected chi connectivity index (χ0v) is 14.4. The van der Waals surface area contributed by atoms with Crippen molar-refractivity contribution < 1.29 is 9.53 Å². The zero-order valence-electron chi connectivity index (χ0n) is 14.4. The quantitative estimate of drug-likeness (QED) is 0.651. The van der Waals surface area contributed by atoms with E-state index >= 15 is 0 Å². The van der Waals surface area contributed by atoms with E-state index in [2.05, 4.69) is 25.6 Å². The Morgan fingerprint density at radius 2 is 2.00 bits per heavy atom. The molecule has 0 aliphatic carbocycles. The fourth-order valence-electron chi connectivity index (χ4n) is 2.38. The molecule has 2 amide bonds. The summed E-state index contributed by atoms with van der Waals surface area (Å²) >= 11 is 0. The van der Waals surface area contributed by atoms with Crippen LogP contribution in [0.4, 0.5) is 16.4 Å². The molecule has 1 aromatic carbocycles. The molecule has 2 heterocycles. The molecular formula is C18H18N6O2. The summed E-state index contributed by atoms with van der Waals surface area (Å²) in [6.07, 6.45) is 3.32. The maximum Gasteiger partial charge on any atom is 0.316 e. The number of carbonyl (C=O) groups excluding carboxylic acids is 1. The minimum absolute atomic E-state index is 0.423. The summed E-state index contributed by atoms with van der Waals surface area (Å²) in [7, 11) is 1.75. The van der Waals surface area contributed by atoms with E-state index in [9.17, 15) is 4.79 Å². The molecule has 0 radical (unpaired) electrons. The van der Waals surface area contributed by atoms with Crippen molar-refractivity contribution in [3.63, 3.8) is 0 Å². The van der Waals surface area contributed by atoms with Gasteiger partial charge in [-0.2, -0.15) is 0 Å². The predicted octanol–water partition coefficient (Wildman–Crippen LogP) is 3.17. The van der Waals surface area contributed by atoms with Crippen LogP contribution in [0, 0.1) is 6.92 Å². The maximum atomic E-state index is 11.0. The van der Waals surface area contributed by atoms with Crippen LogP contribution in [0.1, 0.15) is 5.56 Å². The lowest BCUT2D eigenvalue weighted by Gasteiger charge is -2.13. The van der Waals surface area contributed by atoms with Gasteiger partial charge in [-0.15, -0.1) is 0 Å². The fourth-order valence-corrected chi connectivity index (χ4v) is 2.38. The van der Waals surface area contributed by atoms with Crippen molar-refractivity contribution in [2.45, 2.75) is 6.92 Å². The lowest BCUT2D eigenvalue weighted by Crippen LogP contribution is -2.19. The van der Waals surface area contributed by atoms with E-state index in [0.29, 0.717) is 29.0 Å². The van der Waals surface area contributed by atoms with Gasteiger partial charge < -0.3 is 21.1 Å². The molecule has 0 bridgehead atoms. The summed E-state index contributed by atoms with van der Waals surface area (Å²) in [6.45, 7) is 1.87. The van der Waals surface area contributed by atoms with Crippen molar-refractivity contribution in [1.29, 1.82) is 0 Å². The monoisotopic (exact) mass is 350 g/mol. The number of nitrogens with two attached hydrogens (primary N) is 1. The lowest BCUT2D eigenvalue weighted by molar-refractivity contribution is 0.259. The van der Waals surface area contributed by atoms with Gasteiger partial charge in [0.15, 0.2) is 0 Å². The number of hydrogen-bond donors (Lipinski definition) is 3. The average Bonchev–Trinajstić information content (AvgIpc) is 2.64. The predicted molar refractivity (Wildman–Crippen MR) is 99.3 cm³/mol. The van der Waals surface area contributed by atoms with Crippen LogP contribution in [0.25, 0.3) is 11.3 Å². The second-order valence-electron chi connectivity index (χ2n) is 5.44. The smallest absolute Gasteiger partial charge is 0.316 e. The van der Waals surface area contributed by atoms with Crippen LogP contribution in [0.3, 0.4) is 0 Å². The molecule has 0 unspecified atom stereocenters. The molecule has 0 spiro atoms. The van der Waals surface area contributed by atoms with Crippen molar-refractivity contribution in [2.75, 3.05) is 17.7 Å². The van der Waals surface area contributed by atoms with Crippen molar-refractivity contribution in [3.8, 4) is 22.9 Å². The SMILES string of the molecule is CNc1nccc(-c2cccnc2Oc2ccc(NC(N)=O)cc2C)n1. The van der Waals surface area contributed by atoms with Gasteiger partial charge in [0.1, 0.15) is 5.75 Å². The number of pyridine rings is 1. The van der Waals surface area contributed by atoms with E-state index < -0.39 is 6.03 Å². The highest BCUT2D eigenvalue weighted by atomic mass is 16.5. The van der Waals surface area contributed by atoms with E-state index in [1.54, 1.807) is 43.7 Å². The summed E-state index contributed by atoms with van der Waals surface area (Å²) < 4.78 is 5.99. The standard InChI is InChI=1S/C18H18N6O2/c1-11-10-12(23-17(19)25)5-6-15(11)26-16-13(4-3-8-21-16)14-7-9-22-18(20-2)24-14/h3-10H,1-2H3,(H3,19,23,25)(H,20,22,24). The number of anilines is 2. The average molecular weight is 350 g/mol. The first-order valence-corrected chi connectivity index (χ1v) is 7.88. The van der Waals surface area contributed by atoms with Crippen LogP contribution in [-0.2, 0) is 0 Å². The highest BCUT2D eigenvalue weighted by Crippen LogP contribution is 2.32. The van der Waals surface area contributed by atoms with Gasteiger partial charge in [0.25, 0.3) is 0 Å². The van der Waals surface area contributed by atoms with Gasteiger partial charge >= 0.3 is 6.03 Å². The Balaban J connectivity index is 1.92. The van der Waals surface area contributed by atoms with Crippen molar-refractivity contribution >= 4 is 17.7 Å². The van der Waals surface area contributed by atoms with Gasteiger partial charge in [0.2, 0.25) is 11.8 Å². The number of aryl methyl sites for hydroxylation is 1. The zero-order chi connectivity index (χ0) is 18.5. The van der Waals surface area contributed by atoms with Crippen LogP contribution < -0.4 is 21.1 Å². The number of ether oxygens (including phenoxy) is 1. The number of urea groups is 1. The Morgan fingerprint density at radius 1 is 1.15 bits per heavy atom. The highest BCUT2D eigenvalue weighted by Gasteiger charge is 2.12.